The molecule has 1 aromatic heterocycles. The lowest BCUT2D eigenvalue weighted by molar-refractivity contribution is 0.174. The molecule has 0 bridgehead atoms. The summed E-state index contributed by atoms with van der Waals surface area (Å²) in [5.41, 5.74) is 0.858. The number of amides is 2. The summed E-state index contributed by atoms with van der Waals surface area (Å²) in [5, 5.41) is 5.52. The number of urea groups is 1. The minimum atomic E-state index is -0.750. The van der Waals surface area contributed by atoms with Crippen LogP contribution in [0.2, 0.25) is 0 Å². The Morgan fingerprint density at radius 2 is 2.04 bits per heavy atom. The van der Waals surface area contributed by atoms with Crippen LogP contribution in [0.3, 0.4) is 0 Å². The number of rotatable bonds is 4. The van der Waals surface area contributed by atoms with Gasteiger partial charge in [-0.1, -0.05) is 18.2 Å². The number of hydrogen-bond donors (Lipinski definition) is 2. The Labute approximate surface area is 154 Å². The fraction of sp³-hybridized carbons (Fsp3) is 0.158. The van der Waals surface area contributed by atoms with Crippen molar-refractivity contribution in [1.82, 2.24) is 14.9 Å². The molecule has 2 heterocycles. The third-order valence-electron chi connectivity index (χ3n) is 4.24. The lowest BCUT2D eigenvalue weighted by Crippen LogP contribution is -2.35. The number of nitrogens with one attached hydrogen (secondary N) is 2. The van der Waals surface area contributed by atoms with Gasteiger partial charge in [-0.2, -0.15) is 0 Å². The second-order valence-corrected chi connectivity index (χ2v) is 6.02. The van der Waals surface area contributed by atoms with Crippen LogP contribution in [0.25, 0.3) is 0 Å². The van der Waals surface area contributed by atoms with Crippen LogP contribution in [0.5, 0.6) is 11.5 Å². The summed E-state index contributed by atoms with van der Waals surface area (Å²) in [6, 6.07) is 10.1. The number of imidazole rings is 1. The van der Waals surface area contributed by atoms with E-state index >= 15 is 0 Å². The van der Waals surface area contributed by atoms with Crippen molar-refractivity contribution < 1.29 is 18.7 Å². The molecular weight excluding hydrogens is 351 g/mol. The number of benzene rings is 2. The molecule has 8 heteroatoms. The van der Waals surface area contributed by atoms with Crippen molar-refractivity contribution in [2.45, 2.75) is 6.04 Å². The fourth-order valence-electron chi connectivity index (χ4n) is 2.92. The zero-order chi connectivity index (χ0) is 18.8. The Balaban J connectivity index is 1.57. The van der Waals surface area contributed by atoms with Crippen LogP contribution < -0.4 is 20.1 Å². The van der Waals surface area contributed by atoms with Gasteiger partial charge in [0.05, 0.1) is 0 Å². The molecule has 0 unspecified atom stereocenters. The van der Waals surface area contributed by atoms with Gasteiger partial charge in [0.1, 0.15) is 17.7 Å². The summed E-state index contributed by atoms with van der Waals surface area (Å²) in [5.74, 6) is 1.27. The van der Waals surface area contributed by atoms with Gasteiger partial charge in [0.25, 0.3) is 0 Å². The zero-order valence-corrected chi connectivity index (χ0v) is 14.5. The molecule has 1 aliphatic heterocycles. The van der Waals surface area contributed by atoms with Gasteiger partial charge in [-0.3, -0.25) is 0 Å². The molecule has 0 saturated carbocycles. The van der Waals surface area contributed by atoms with E-state index in [0.717, 1.165) is 0 Å². The molecule has 4 rings (SSSR count). The van der Waals surface area contributed by atoms with Crippen molar-refractivity contribution >= 4 is 11.7 Å². The molecule has 2 N–H and O–H groups in total. The van der Waals surface area contributed by atoms with E-state index in [1.807, 2.05) is 0 Å². The molecule has 0 radical (unpaired) electrons. The number of aryl methyl sites for hydroxylation is 1. The van der Waals surface area contributed by atoms with Crippen molar-refractivity contribution in [1.29, 1.82) is 0 Å². The van der Waals surface area contributed by atoms with E-state index in [2.05, 4.69) is 15.6 Å². The van der Waals surface area contributed by atoms with E-state index in [-0.39, 0.29) is 6.79 Å². The molecule has 138 valence electrons. The van der Waals surface area contributed by atoms with Gasteiger partial charge >= 0.3 is 6.03 Å². The summed E-state index contributed by atoms with van der Waals surface area (Å²) >= 11 is 0. The number of fused-ring (bicyclic) bond motifs is 1. The summed E-state index contributed by atoms with van der Waals surface area (Å²) in [6.45, 7) is 0.152. The highest BCUT2D eigenvalue weighted by molar-refractivity contribution is 5.90. The normalized spacial score (nSPS) is 13.3. The maximum atomic E-state index is 14.4. The summed E-state index contributed by atoms with van der Waals surface area (Å²) in [7, 11) is 1.79. The number of anilines is 1. The highest BCUT2D eigenvalue weighted by atomic mass is 19.1. The molecule has 2 amide bonds. The smallest absolute Gasteiger partial charge is 0.320 e. The van der Waals surface area contributed by atoms with Crippen LogP contribution in [-0.4, -0.2) is 22.4 Å². The lowest BCUT2D eigenvalue weighted by Gasteiger charge is -2.20. The van der Waals surface area contributed by atoms with Gasteiger partial charge in [-0.25, -0.2) is 14.2 Å². The van der Waals surface area contributed by atoms with Crippen LogP contribution in [0, 0.1) is 5.82 Å². The van der Waals surface area contributed by atoms with Gasteiger partial charge in [0.2, 0.25) is 6.79 Å². The Bertz CT molecular complexity index is 989. The number of nitrogens with zero attached hydrogens (tertiary/aromatic N) is 2. The molecule has 0 aliphatic carbocycles. The van der Waals surface area contributed by atoms with Gasteiger partial charge in [-0.05, 0) is 18.2 Å². The molecular formula is C19H17FN4O3. The maximum absolute atomic E-state index is 14.4. The quantitative estimate of drug-likeness (QED) is 0.741. The molecule has 1 atom stereocenters. The predicted octanol–water partition coefficient (Wildman–Crippen LogP) is 3.20. The average molecular weight is 368 g/mol. The van der Waals surface area contributed by atoms with Crippen molar-refractivity contribution in [2.24, 2.45) is 7.05 Å². The minimum absolute atomic E-state index is 0.152. The van der Waals surface area contributed by atoms with Crippen LogP contribution in [0.15, 0.2) is 54.9 Å². The van der Waals surface area contributed by atoms with Crippen LogP contribution in [0.4, 0.5) is 14.9 Å². The molecule has 0 saturated heterocycles. The average Bonchev–Trinajstić information content (AvgIpc) is 3.28. The first-order chi connectivity index (χ1) is 13.1. The van der Waals surface area contributed by atoms with E-state index in [1.54, 1.807) is 60.4 Å². The first-order valence-corrected chi connectivity index (χ1v) is 8.30. The highest BCUT2D eigenvalue weighted by Crippen LogP contribution is 2.34. The maximum Gasteiger partial charge on any atom is 0.320 e. The Morgan fingerprint density at radius 1 is 1.22 bits per heavy atom. The Hall–Kier alpha value is -3.55. The molecule has 1 aliphatic rings. The van der Waals surface area contributed by atoms with Crippen molar-refractivity contribution in [3.8, 4) is 11.5 Å². The largest absolute Gasteiger partial charge is 0.454 e. The zero-order valence-electron chi connectivity index (χ0n) is 14.5. The van der Waals surface area contributed by atoms with Gasteiger partial charge in [0.15, 0.2) is 11.5 Å². The lowest BCUT2D eigenvalue weighted by atomic mass is 10.1. The molecule has 2 aromatic carbocycles. The van der Waals surface area contributed by atoms with Crippen LogP contribution in [-0.2, 0) is 7.05 Å². The van der Waals surface area contributed by atoms with Crippen LogP contribution in [0.1, 0.15) is 17.4 Å². The number of carbonyl (C=O) groups excluding carboxylic acids is 1. The molecule has 0 spiro atoms. The number of aromatic nitrogens is 2. The number of hydrogen-bond acceptors (Lipinski definition) is 4. The van der Waals surface area contributed by atoms with Crippen LogP contribution >= 0.6 is 0 Å². The third kappa shape index (κ3) is 3.41. The van der Waals surface area contributed by atoms with E-state index in [1.165, 1.54) is 6.07 Å². The molecule has 7 nitrogen and oxygen atoms in total. The number of ether oxygens (including phenoxy) is 2. The Kier molecular flexibility index (Phi) is 4.37. The Morgan fingerprint density at radius 3 is 2.81 bits per heavy atom. The summed E-state index contributed by atoms with van der Waals surface area (Å²) in [6.07, 6.45) is 3.33. The van der Waals surface area contributed by atoms with Gasteiger partial charge < -0.3 is 24.7 Å². The van der Waals surface area contributed by atoms with E-state index in [4.69, 9.17) is 9.47 Å². The van der Waals surface area contributed by atoms with Crippen molar-refractivity contribution in [3.63, 3.8) is 0 Å². The minimum Gasteiger partial charge on any atom is -0.454 e. The van der Waals surface area contributed by atoms with Crippen molar-refractivity contribution in [3.05, 3.63) is 72.1 Å². The standard InChI is InChI=1S/C19H17FN4O3/c1-24-9-8-21-18(24)17(13-4-2-3-5-14(13)20)23-19(25)22-12-6-7-15-16(10-12)27-11-26-15/h2-10,17H,11H2,1H3,(H2,22,23,25)/t17-/m0/s1. The third-order valence-corrected chi connectivity index (χ3v) is 4.24. The van der Waals surface area contributed by atoms with E-state index in [0.29, 0.717) is 28.6 Å². The van der Waals surface area contributed by atoms with E-state index < -0.39 is 17.9 Å². The predicted molar refractivity (Wildman–Crippen MR) is 96.2 cm³/mol. The molecule has 0 fully saturated rings. The second kappa shape index (κ2) is 6.99. The highest BCUT2D eigenvalue weighted by Gasteiger charge is 2.24. The number of halogens is 1. The van der Waals surface area contributed by atoms with Gasteiger partial charge in [-0.15, -0.1) is 0 Å². The van der Waals surface area contributed by atoms with Crippen molar-refractivity contribution in [2.75, 3.05) is 12.1 Å². The first kappa shape index (κ1) is 16.9. The number of carbonyl (C=O) groups is 1. The molecule has 3 aromatic rings. The van der Waals surface area contributed by atoms with E-state index in [9.17, 15) is 9.18 Å². The monoisotopic (exact) mass is 368 g/mol. The second-order valence-electron chi connectivity index (χ2n) is 6.02. The molecule has 27 heavy (non-hydrogen) atoms. The SMILES string of the molecule is Cn1ccnc1[C@@H](NC(=O)Nc1ccc2c(c1)OCO2)c1ccccc1F. The summed E-state index contributed by atoms with van der Waals surface area (Å²) < 4.78 is 26.6. The fourth-order valence-corrected chi connectivity index (χ4v) is 2.92. The summed E-state index contributed by atoms with van der Waals surface area (Å²) in [4.78, 5) is 16.8. The van der Waals surface area contributed by atoms with Gasteiger partial charge in [0, 0.05) is 36.8 Å². The first-order valence-electron chi connectivity index (χ1n) is 8.30. The topological polar surface area (TPSA) is 77.4 Å².